The van der Waals surface area contributed by atoms with Gasteiger partial charge in [0.1, 0.15) is 0 Å². The lowest BCUT2D eigenvalue weighted by atomic mass is 10.1. The maximum absolute atomic E-state index is 12.8. The van der Waals surface area contributed by atoms with Crippen molar-refractivity contribution in [2.24, 2.45) is 0 Å². The molecule has 0 saturated heterocycles. The summed E-state index contributed by atoms with van der Waals surface area (Å²) in [5.74, 6) is -0.0153. The summed E-state index contributed by atoms with van der Waals surface area (Å²) in [4.78, 5) is 29.8. The smallest absolute Gasteiger partial charge is 0.253 e. The van der Waals surface area contributed by atoms with E-state index in [0.717, 1.165) is 18.7 Å². The number of rotatable bonds is 9. The molecule has 0 radical (unpaired) electrons. The summed E-state index contributed by atoms with van der Waals surface area (Å²) in [6.45, 7) is 5.04. The van der Waals surface area contributed by atoms with Crippen LogP contribution in [0.2, 0.25) is 0 Å². The van der Waals surface area contributed by atoms with Crippen LogP contribution in [0, 0.1) is 0 Å². The molecule has 1 aromatic rings. The molecule has 0 atom stereocenters. The van der Waals surface area contributed by atoms with E-state index in [1.165, 1.54) is 6.92 Å². The third-order valence-electron chi connectivity index (χ3n) is 3.66. The monoisotopic (exact) mass is 334 g/mol. The third-order valence-corrected chi connectivity index (χ3v) is 3.66. The fourth-order valence-electron chi connectivity index (χ4n) is 2.13. The quantitative estimate of drug-likeness (QED) is 0.729. The second-order valence-electron chi connectivity index (χ2n) is 6.51. The van der Waals surface area contributed by atoms with Gasteiger partial charge in [-0.15, -0.1) is 0 Å². The molecule has 0 aliphatic carbocycles. The normalized spacial score (nSPS) is 11.0. The maximum Gasteiger partial charge on any atom is 0.253 e. The van der Waals surface area contributed by atoms with Gasteiger partial charge < -0.3 is 20.0 Å². The van der Waals surface area contributed by atoms with E-state index in [4.69, 9.17) is 0 Å². The molecule has 0 heterocycles. The molecule has 0 aliphatic rings. The molecular weight excluding hydrogens is 304 g/mol. The van der Waals surface area contributed by atoms with Crippen molar-refractivity contribution < 1.29 is 9.59 Å². The van der Waals surface area contributed by atoms with Gasteiger partial charge in [0.05, 0.1) is 0 Å². The predicted molar refractivity (Wildman–Crippen MR) is 97.0 cm³/mol. The second-order valence-corrected chi connectivity index (χ2v) is 6.51. The van der Waals surface area contributed by atoms with Gasteiger partial charge >= 0.3 is 0 Å². The number of nitrogens with one attached hydrogen (secondary N) is 1. The lowest BCUT2D eigenvalue weighted by molar-refractivity contribution is -0.119. The molecule has 0 saturated carbocycles. The topological polar surface area (TPSA) is 55.9 Å². The highest BCUT2D eigenvalue weighted by molar-refractivity contribution is 5.94. The summed E-state index contributed by atoms with van der Waals surface area (Å²) in [5.41, 5.74) is 1.66. The number of amides is 2. The van der Waals surface area contributed by atoms with E-state index >= 15 is 0 Å². The van der Waals surface area contributed by atoms with Crippen LogP contribution < -0.4 is 5.32 Å². The molecule has 1 rings (SSSR count). The van der Waals surface area contributed by atoms with Crippen LogP contribution in [0.25, 0.3) is 0 Å². The highest BCUT2D eigenvalue weighted by atomic mass is 16.2. The zero-order valence-corrected chi connectivity index (χ0v) is 15.5. The molecule has 2 amide bonds. The Morgan fingerprint density at radius 1 is 0.875 bits per heavy atom. The molecular formula is C18H30N4O2. The first-order valence-electron chi connectivity index (χ1n) is 8.21. The average molecular weight is 334 g/mol. The molecule has 134 valence electrons. The van der Waals surface area contributed by atoms with Crippen molar-refractivity contribution in [3.8, 4) is 0 Å². The Kier molecular flexibility index (Phi) is 8.43. The van der Waals surface area contributed by atoms with Crippen LogP contribution in [0.5, 0.6) is 0 Å². The summed E-state index contributed by atoms with van der Waals surface area (Å²) in [5, 5.41) is 2.75. The number of benzene rings is 1. The average Bonchev–Trinajstić information content (AvgIpc) is 2.52. The minimum Gasteiger partial charge on any atom is -0.352 e. The van der Waals surface area contributed by atoms with Crippen LogP contribution >= 0.6 is 0 Å². The zero-order valence-electron chi connectivity index (χ0n) is 15.5. The molecule has 0 bridgehead atoms. The summed E-state index contributed by atoms with van der Waals surface area (Å²) >= 11 is 0. The second kappa shape index (κ2) is 10.1. The Balaban J connectivity index is 2.74. The van der Waals surface area contributed by atoms with Gasteiger partial charge in [-0.1, -0.05) is 12.1 Å². The van der Waals surface area contributed by atoms with Crippen molar-refractivity contribution in [3.05, 3.63) is 35.4 Å². The van der Waals surface area contributed by atoms with Gasteiger partial charge in [-0.2, -0.15) is 0 Å². The Bertz CT molecular complexity index is 514. The third kappa shape index (κ3) is 7.57. The summed E-state index contributed by atoms with van der Waals surface area (Å²) in [6.07, 6.45) is 0. The molecule has 24 heavy (non-hydrogen) atoms. The van der Waals surface area contributed by atoms with Crippen molar-refractivity contribution in [1.29, 1.82) is 0 Å². The van der Waals surface area contributed by atoms with Gasteiger partial charge in [0, 0.05) is 45.2 Å². The van der Waals surface area contributed by atoms with Crippen LogP contribution in [0.15, 0.2) is 24.3 Å². The van der Waals surface area contributed by atoms with Gasteiger partial charge in [0.2, 0.25) is 5.91 Å². The predicted octanol–water partition coefficient (Wildman–Crippen LogP) is 0.888. The fraction of sp³-hybridized carbons (Fsp3) is 0.556. The zero-order chi connectivity index (χ0) is 18.1. The van der Waals surface area contributed by atoms with Crippen LogP contribution in [0.4, 0.5) is 0 Å². The Labute approximate surface area is 145 Å². The van der Waals surface area contributed by atoms with Gasteiger partial charge in [-0.25, -0.2) is 0 Å². The molecule has 1 aromatic carbocycles. The molecule has 6 heteroatoms. The molecule has 0 spiro atoms. The van der Waals surface area contributed by atoms with E-state index in [0.29, 0.717) is 25.2 Å². The molecule has 1 N–H and O–H groups in total. The van der Waals surface area contributed by atoms with Crippen LogP contribution in [0.1, 0.15) is 22.8 Å². The SMILES string of the molecule is CC(=O)NCc1ccc(C(=O)N(CCN(C)C)CCN(C)C)cc1. The molecule has 0 fully saturated rings. The van der Waals surface area contributed by atoms with Crippen molar-refractivity contribution >= 4 is 11.8 Å². The van der Waals surface area contributed by atoms with E-state index in [1.54, 1.807) is 0 Å². The highest BCUT2D eigenvalue weighted by Gasteiger charge is 2.16. The Morgan fingerprint density at radius 3 is 1.79 bits per heavy atom. The number of nitrogens with zero attached hydrogens (tertiary/aromatic N) is 3. The number of carbonyl (C=O) groups excluding carboxylic acids is 2. The van der Waals surface area contributed by atoms with Crippen molar-refractivity contribution in [2.45, 2.75) is 13.5 Å². The van der Waals surface area contributed by atoms with Crippen LogP contribution in [-0.4, -0.2) is 80.9 Å². The van der Waals surface area contributed by atoms with E-state index in [2.05, 4.69) is 15.1 Å². The highest BCUT2D eigenvalue weighted by Crippen LogP contribution is 2.08. The van der Waals surface area contributed by atoms with Crippen LogP contribution in [0.3, 0.4) is 0 Å². The van der Waals surface area contributed by atoms with Gasteiger partial charge in [-0.3, -0.25) is 9.59 Å². The fourth-order valence-corrected chi connectivity index (χ4v) is 2.13. The number of likely N-dealkylation sites (N-methyl/N-ethyl adjacent to an activating group) is 2. The number of hydrogen-bond donors (Lipinski definition) is 1. The minimum absolute atomic E-state index is 0.0461. The summed E-state index contributed by atoms with van der Waals surface area (Å²) in [7, 11) is 8.02. The standard InChI is InChI=1S/C18H30N4O2/c1-15(23)19-14-16-6-8-17(9-7-16)18(24)22(12-10-20(2)3)13-11-21(4)5/h6-9H,10-14H2,1-5H3,(H,19,23). The largest absolute Gasteiger partial charge is 0.352 e. The van der Waals surface area contributed by atoms with Crippen molar-refractivity contribution in [3.63, 3.8) is 0 Å². The summed E-state index contributed by atoms with van der Waals surface area (Å²) < 4.78 is 0. The van der Waals surface area contributed by atoms with Crippen LogP contribution in [-0.2, 0) is 11.3 Å². The Morgan fingerprint density at radius 2 is 1.38 bits per heavy atom. The first-order valence-corrected chi connectivity index (χ1v) is 8.21. The minimum atomic E-state index is -0.0614. The number of carbonyl (C=O) groups is 2. The van der Waals surface area contributed by atoms with Gasteiger partial charge in [0.15, 0.2) is 0 Å². The van der Waals surface area contributed by atoms with Crippen molar-refractivity contribution in [2.75, 3.05) is 54.4 Å². The lowest BCUT2D eigenvalue weighted by Crippen LogP contribution is -2.40. The molecule has 0 aromatic heterocycles. The molecule has 0 unspecified atom stereocenters. The number of hydrogen-bond acceptors (Lipinski definition) is 4. The first-order chi connectivity index (χ1) is 11.3. The lowest BCUT2D eigenvalue weighted by Gasteiger charge is -2.26. The molecule has 0 aliphatic heterocycles. The molecule has 6 nitrogen and oxygen atoms in total. The maximum atomic E-state index is 12.8. The van der Waals surface area contributed by atoms with E-state index < -0.39 is 0 Å². The van der Waals surface area contributed by atoms with Crippen molar-refractivity contribution in [1.82, 2.24) is 20.0 Å². The van der Waals surface area contributed by atoms with Gasteiger partial charge in [-0.05, 0) is 45.9 Å². The van der Waals surface area contributed by atoms with E-state index in [9.17, 15) is 9.59 Å². The van der Waals surface area contributed by atoms with Gasteiger partial charge in [0.25, 0.3) is 5.91 Å². The Hall–Kier alpha value is -1.92. The van der Waals surface area contributed by atoms with E-state index in [1.807, 2.05) is 57.4 Å². The first kappa shape index (κ1) is 20.1. The van der Waals surface area contributed by atoms with E-state index in [-0.39, 0.29) is 11.8 Å². The summed E-state index contributed by atoms with van der Waals surface area (Å²) in [6, 6.07) is 7.44.